The third kappa shape index (κ3) is 4.77. The number of phenolic OH excluding ortho intramolecular Hbond substituents is 1. The molecule has 2 aromatic rings. The van der Waals surface area contributed by atoms with Gasteiger partial charge in [0.2, 0.25) is 6.79 Å². The Morgan fingerprint density at radius 1 is 1.24 bits per heavy atom. The number of hydrogen-bond acceptors (Lipinski definition) is 13. The highest BCUT2D eigenvalue weighted by molar-refractivity contribution is 7.99. The summed E-state index contributed by atoms with van der Waals surface area (Å²) < 4.78 is 29.0. The number of thioether (sulfide) groups is 1. The minimum atomic E-state index is -0.691. The summed E-state index contributed by atoms with van der Waals surface area (Å²) in [5.41, 5.74) is 4.23. The second-order valence-electron chi connectivity index (χ2n) is 12.0. The molecule has 2 aromatic carbocycles. The summed E-state index contributed by atoms with van der Waals surface area (Å²) in [6.07, 6.45) is -0.183. The van der Waals surface area contributed by atoms with Crippen LogP contribution in [0.1, 0.15) is 64.6 Å². The van der Waals surface area contributed by atoms with Gasteiger partial charge in [0.15, 0.2) is 23.0 Å². The van der Waals surface area contributed by atoms with Gasteiger partial charge in [-0.2, -0.15) is 5.26 Å². The number of likely N-dealkylation sites (N-methyl/N-ethyl adjacent to an activating group) is 1. The molecule has 2 N–H and O–H groups in total. The van der Waals surface area contributed by atoms with Crippen LogP contribution in [0.15, 0.2) is 6.07 Å². The van der Waals surface area contributed by atoms with E-state index in [4.69, 9.17) is 23.7 Å². The minimum Gasteiger partial charge on any atom is -0.504 e. The fourth-order valence-electron chi connectivity index (χ4n) is 7.81. The average Bonchev–Trinajstić information content (AvgIpc) is 3.48. The number of phenols is 1. The van der Waals surface area contributed by atoms with E-state index in [0.717, 1.165) is 11.1 Å². The number of benzene rings is 2. The van der Waals surface area contributed by atoms with Crippen molar-refractivity contribution in [1.82, 2.24) is 9.80 Å². The predicted molar refractivity (Wildman–Crippen MR) is 163 cm³/mol. The number of fused-ring (bicyclic) bond motifs is 9. The first kappa shape index (κ1) is 31.3. The fraction of sp³-hybridized carbons (Fsp3) is 0.531. The Balaban J connectivity index is 1.71. The highest BCUT2D eigenvalue weighted by atomic mass is 32.2. The van der Waals surface area contributed by atoms with Gasteiger partial charge in [-0.15, -0.1) is 11.8 Å². The average molecular weight is 640 g/mol. The summed E-state index contributed by atoms with van der Waals surface area (Å²) in [7, 11) is 3.47. The Morgan fingerprint density at radius 2 is 1.98 bits per heavy atom. The third-order valence-electron chi connectivity index (χ3n) is 9.39. The van der Waals surface area contributed by atoms with Crippen LogP contribution in [-0.4, -0.2) is 90.0 Å². The Bertz CT molecular complexity index is 1590. The SMILES string of the molecule is COc1c(C)cc2c(c1O)[C@H]1C3[C@H](SC[C@@H](C)O)c4c(OC(C)=O)c(C)c5c(c4[C@H](COC=O)N3[C@@H](C#N)[C@H](C2)N1C)OCO5. The Hall–Kier alpha value is -3.70. The van der Waals surface area contributed by atoms with Crippen molar-refractivity contribution in [3.63, 3.8) is 0 Å². The van der Waals surface area contributed by atoms with Crippen LogP contribution < -0.4 is 18.9 Å². The van der Waals surface area contributed by atoms with Gasteiger partial charge >= 0.3 is 5.97 Å². The topological polar surface area (TPSA) is 151 Å². The molecule has 0 spiro atoms. The number of nitrogens with zero attached hydrogens (tertiary/aromatic N) is 3. The van der Waals surface area contributed by atoms with Gasteiger partial charge in [0.25, 0.3) is 6.47 Å². The number of nitriles is 1. The second-order valence-corrected chi connectivity index (χ2v) is 13.2. The summed E-state index contributed by atoms with van der Waals surface area (Å²) in [6.45, 7) is 6.89. The number of aryl methyl sites for hydroxylation is 1. The van der Waals surface area contributed by atoms with Crippen molar-refractivity contribution in [1.29, 1.82) is 5.26 Å². The highest BCUT2D eigenvalue weighted by Gasteiger charge is 2.60. The van der Waals surface area contributed by atoms with Crippen LogP contribution in [0, 0.1) is 25.2 Å². The van der Waals surface area contributed by atoms with E-state index in [1.165, 1.54) is 25.8 Å². The zero-order valence-corrected chi connectivity index (χ0v) is 26.8. The second kappa shape index (κ2) is 11.9. The van der Waals surface area contributed by atoms with E-state index < -0.39 is 41.5 Å². The smallest absolute Gasteiger partial charge is 0.308 e. The number of ether oxygens (including phenoxy) is 5. The van der Waals surface area contributed by atoms with Gasteiger partial charge < -0.3 is 33.9 Å². The molecule has 13 heteroatoms. The van der Waals surface area contributed by atoms with Crippen LogP contribution in [0.2, 0.25) is 0 Å². The molecular formula is C32H37N3O9S. The number of methoxy groups -OCH3 is 1. The molecule has 2 bridgehead atoms. The van der Waals surface area contributed by atoms with Crippen molar-refractivity contribution < 1.29 is 43.5 Å². The molecule has 6 rings (SSSR count). The maximum Gasteiger partial charge on any atom is 0.308 e. The highest BCUT2D eigenvalue weighted by Crippen LogP contribution is 2.63. The molecule has 0 aliphatic carbocycles. The standard InChI is InChI=1S/C32H37N3O9S/c1-14-7-18-8-19-20(9-33)35-21(10-41-12-36)23-24(29(44-17(4)38)16(3)30-31(23)43-13-42-30)32(45-11-15(2)37)26(35)25(34(19)5)22(18)27(39)28(14)40-6/h7,12,15,19-21,25-26,32,37,39H,8,10-11,13H2,1-6H3/t15-,19+,20+,21+,25+,26?,32-/m1/s1. The number of aliphatic hydroxyl groups is 1. The third-order valence-corrected chi connectivity index (χ3v) is 10.9. The molecule has 0 radical (unpaired) electrons. The molecule has 7 atom stereocenters. The summed E-state index contributed by atoms with van der Waals surface area (Å²) in [6, 6.07) is 1.94. The molecule has 1 fully saturated rings. The van der Waals surface area contributed by atoms with Gasteiger partial charge in [-0.3, -0.25) is 19.4 Å². The molecule has 240 valence electrons. The number of rotatable bonds is 8. The van der Waals surface area contributed by atoms with Crippen molar-refractivity contribution in [3.8, 4) is 34.8 Å². The maximum absolute atomic E-state index is 12.6. The molecule has 4 heterocycles. The number of esters is 1. The lowest BCUT2D eigenvalue weighted by molar-refractivity contribution is -0.134. The Kier molecular flexibility index (Phi) is 8.28. The lowest BCUT2D eigenvalue weighted by atomic mass is 9.71. The normalized spacial score (nSPS) is 27.0. The molecule has 12 nitrogen and oxygen atoms in total. The van der Waals surface area contributed by atoms with Gasteiger partial charge in [-0.05, 0) is 45.4 Å². The fourth-order valence-corrected chi connectivity index (χ4v) is 9.18. The summed E-state index contributed by atoms with van der Waals surface area (Å²) in [4.78, 5) is 28.4. The van der Waals surface area contributed by atoms with E-state index >= 15 is 0 Å². The van der Waals surface area contributed by atoms with Crippen LogP contribution in [-0.2, 0) is 20.7 Å². The number of hydrogen-bond donors (Lipinski definition) is 2. The van der Waals surface area contributed by atoms with Gasteiger partial charge in [0.1, 0.15) is 18.4 Å². The predicted octanol–water partition coefficient (Wildman–Crippen LogP) is 3.23. The molecule has 1 saturated heterocycles. The van der Waals surface area contributed by atoms with E-state index in [2.05, 4.69) is 15.9 Å². The van der Waals surface area contributed by atoms with Crippen molar-refractivity contribution in [2.75, 3.05) is 33.3 Å². The van der Waals surface area contributed by atoms with E-state index in [0.29, 0.717) is 63.9 Å². The van der Waals surface area contributed by atoms with Crippen molar-refractivity contribution in [3.05, 3.63) is 39.4 Å². The van der Waals surface area contributed by atoms with Crippen molar-refractivity contribution in [2.24, 2.45) is 0 Å². The van der Waals surface area contributed by atoms with Gasteiger partial charge in [0, 0.05) is 47.0 Å². The maximum atomic E-state index is 12.6. The molecule has 0 amide bonds. The van der Waals surface area contributed by atoms with Crippen LogP contribution in [0.3, 0.4) is 0 Å². The first-order valence-corrected chi connectivity index (χ1v) is 15.9. The van der Waals surface area contributed by atoms with Gasteiger partial charge in [-0.25, -0.2) is 0 Å². The van der Waals surface area contributed by atoms with Crippen molar-refractivity contribution in [2.45, 2.75) is 75.7 Å². The zero-order valence-electron chi connectivity index (χ0n) is 26.0. The Labute approximate surface area is 265 Å². The molecular weight excluding hydrogens is 602 g/mol. The molecule has 0 aromatic heterocycles. The summed E-state index contributed by atoms with van der Waals surface area (Å²) in [5, 5.41) is 32.6. The molecule has 1 unspecified atom stereocenters. The molecule has 45 heavy (non-hydrogen) atoms. The molecule has 0 saturated carbocycles. The largest absolute Gasteiger partial charge is 0.504 e. The van der Waals surface area contributed by atoms with E-state index in [9.17, 15) is 25.1 Å². The van der Waals surface area contributed by atoms with Crippen LogP contribution in [0.25, 0.3) is 0 Å². The lowest BCUT2D eigenvalue weighted by Gasteiger charge is -2.61. The lowest BCUT2D eigenvalue weighted by Crippen LogP contribution is -2.69. The quantitative estimate of drug-likeness (QED) is 0.247. The Morgan fingerprint density at radius 3 is 2.62 bits per heavy atom. The zero-order chi connectivity index (χ0) is 32.3. The van der Waals surface area contributed by atoms with Crippen LogP contribution >= 0.6 is 11.8 Å². The number of aliphatic hydroxyl groups excluding tert-OH is 1. The van der Waals surface area contributed by atoms with Crippen LogP contribution in [0.5, 0.6) is 28.7 Å². The monoisotopic (exact) mass is 639 g/mol. The van der Waals surface area contributed by atoms with E-state index in [1.807, 2.05) is 20.0 Å². The van der Waals surface area contributed by atoms with Crippen LogP contribution in [0.4, 0.5) is 0 Å². The number of aromatic hydroxyl groups is 1. The summed E-state index contributed by atoms with van der Waals surface area (Å²) in [5.74, 6) is 1.37. The summed E-state index contributed by atoms with van der Waals surface area (Å²) >= 11 is 1.47. The first-order chi connectivity index (χ1) is 21.5. The van der Waals surface area contributed by atoms with Gasteiger partial charge in [0.05, 0.1) is 36.6 Å². The minimum absolute atomic E-state index is 0.0333. The van der Waals surface area contributed by atoms with E-state index in [1.54, 1.807) is 13.8 Å². The first-order valence-electron chi connectivity index (χ1n) is 14.8. The van der Waals surface area contributed by atoms with Crippen molar-refractivity contribution >= 4 is 24.2 Å². The molecule has 4 aliphatic rings. The number of carbonyl (C=O) groups excluding carboxylic acids is 2. The molecule has 4 aliphatic heterocycles. The van der Waals surface area contributed by atoms with Gasteiger partial charge in [-0.1, -0.05) is 6.07 Å². The number of piperazine rings is 1. The van der Waals surface area contributed by atoms with E-state index in [-0.39, 0.29) is 25.2 Å². The number of carbonyl (C=O) groups is 2.